The number of rotatable bonds is 5. The van der Waals surface area contributed by atoms with Crippen molar-refractivity contribution in [3.8, 4) is 11.4 Å². The number of aromatic amines is 1. The number of halogens is 1. The number of benzene rings is 1. The molecule has 1 aromatic heterocycles. The Hall–Kier alpha value is -1.79. The molecular weight excluding hydrogens is 258 g/mol. The number of aliphatic hydroxyl groups excluding tert-OH is 1. The molecule has 0 aliphatic rings. The molecule has 0 fully saturated rings. The predicted octanol–water partition coefficient (Wildman–Crippen LogP) is 1.04. The summed E-state index contributed by atoms with van der Waals surface area (Å²) in [5, 5.41) is 15.9. The van der Waals surface area contributed by atoms with Crippen LogP contribution in [-0.4, -0.2) is 33.8 Å². The highest BCUT2D eigenvalue weighted by atomic mass is 35.5. The normalized spacial score (nSPS) is 12.3. The lowest BCUT2D eigenvalue weighted by molar-refractivity contribution is 0.211. The molecule has 1 unspecified atom stereocenters. The van der Waals surface area contributed by atoms with Crippen molar-refractivity contribution in [3.63, 3.8) is 0 Å². The minimum atomic E-state index is -0.586. The van der Waals surface area contributed by atoms with Crippen molar-refractivity contribution >= 4 is 17.3 Å². The zero-order valence-corrected chi connectivity index (χ0v) is 10.1. The molecule has 0 radical (unpaired) electrons. The molecule has 0 spiro atoms. The fourth-order valence-electron chi connectivity index (χ4n) is 1.39. The molecule has 0 saturated carbocycles. The van der Waals surface area contributed by atoms with Gasteiger partial charge in [-0.3, -0.25) is 9.51 Å². The number of alkyl halides is 1. The number of aliphatic hydroxyl groups is 1. The maximum Gasteiger partial charge on any atom is 0.439 e. The van der Waals surface area contributed by atoms with E-state index in [4.69, 9.17) is 11.6 Å². The van der Waals surface area contributed by atoms with Crippen LogP contribution in [0.25, 0.3) is 11.4 Å². The number of H-pyrrole nitrogens is 1. The largest absolute Gasteiger partial charge is 0.439 e. The van der Waals surface area contributed by atoms with Crippen LogP contribution >= 0.6 is 11.6 Å². The van der Waals surface area contributed by atoms with E-state index in [9.17, 15) is 9.90 Å². The maximum absolute atomic E-state index is 10.8. The molecule has 1 heterocycles. The van der Waals surface area contributed by atoms with Crippen LogP contribution in [0.15, 0.2) is 33.6 Å². The summed E-state index contributed by atoms with van der Waals surface area (Å²) in [7, 11) is 0. The number of aromatic nitrogens is 2. The van der Waals surface area contributed by atoms with Crippen LogP contribution in [0.4, 0.5) is 5.69 Å². The van der Waals surface area contributed by atoms with E-state index < -0.39 is 11.9 Å². The van der Waals surface area contributed by atoms with Crippen molar-refractivity contribution in [1.82, 2.24) is 10.1 Å². The van der Waals surface area contributed by atoms with E-state index >= 15 is 0 Å². The molecule has 96 valence electrons. The Kier molecular flexibility index (Phi) is 4.01. The van der Waals surface area contributed by atoms with E-state index in [1.165, 1.54) is 0 Å². The monoisotopic (exact) mass is 269 g/mol. The fourth-order valence-corrected chi connectivity index (χ4v) is 1.50. The van der Waals surface area contributed by atoms with Crippen LogP contribution in [0, 0.1) is 0 Å². The average molecular weight is 270 g/mol. The minimum absolute atomic E-state index is 0.186. The maximum atomic E-state index is 10.8. The summed E-state index contributed by atoms with van der Waals surface area (Å²) in [6, 6.07) is 7.18. The second-order valence-electron chi connectivity index (χ2n) is 3.71. The lowest BCUT2D eigenvalue weighted by atomic mass is 10.2. The van der Waals surface area contributed by atoms with Crippen molar-refractivity contribution in [2.45, 2.75) is 6.10 Å². The molecule has 6 nitrogen and oxygen atoms in total. The quantitative estimate of drug-likeness (QED) is 0.706. The zero-order chi connectivity index (χ0) is 13.0. The molecule has 0 amide bonds. The number of hydrogen-bond acceptors (Lipinski definition) is 5. The molecular formula is C11H12ClN3O3. The number of hydrogen-bond donors (Lipinski definition) is 3. The standard InChI is InChI=1S/C11H12ClN3O3/c12-5-9(16)6-13-8-3-1-7(2-4-8)10-14-11(17)18-15-10/h1-4,9,13,16H,5-6H2,(H,14,15,17). The van der Waals surface area contributed by atoms with E-state index in [-0.39, 0.29) is 5.88 Å². The molecule has 0 bridgehead atoms. The Balaban J connectivity index is 2.03. The Morgan fingerprint density at radius 1 is 1.44 bits per heavy atom. The van der Waals surface area contributed by atoms with Gasteiger partial charge in [0.25, 0.3) is 0 Å². The third-order valence-electron chi connectivity index (χ3n) is 2.32. The van der Waals surface area contributed by atoms with Crippen molar-refractivity contribution in [2.75, 3.05) is 17.7 Å². The number of nitrogens with zero attached hydrogens (tertiary/aromatic N) is 1. The van der Waals surface area contributed by atoms with Gasteiger partial charge in [-0.15, -0.1) is 11.6 Å². The second-order valence-corrected chi connectivity index (χ2v) is 4.02. The van der Waals surface area contributed by atoms with Gasteiger partial charge in [0.2, 0.25) is 0 Å². The smallest absolute Gasteiger partial charge is 0.390 e. The summed E-state index contributed by atoms with van der Waals surface area (Å²) in [6.07, 6.45) is -0.585. The molecule has 1 atom stereocenters. The molecule has 0 aliphatic carbocycles. The SMILES string of the molecule is O=c1[nH]c(-c2ccc(NCC(O)CCl)cc2)no1. The molecule has 1 aromatic carbocycles. The fraction of sp³-hybridized carbons (Fsp3) is 0.273. The summed E-state index contributed by atoms with van der Waals surface area (Å²) >= 11 is 5.48. The molecule has 18 heavy (non-hydrogen) atoms. The Labute approximate surface area is 108 Å². The van der Waals surface area contributed by atoms with Gasteiger partial charge < -0.3 is 10.4 Å². The first kappa shape index (κ1) is 12.7. The van der Waals surface area contributed by atoms with Crippen LogP contribution in [0.5, 0.6) is 0 Å². The lowest BCUT2D eigenvalue weighted by Crippen LogP contribution is -2.20. The van der Waals surface area contributed by atoms with Gasteiger partial charge in [0.15, 0.2) is 5.82 Å². The summed E-state index contributed by atoms with van der Waals surface area (Å²) in [6.45, 7) is 0.379. The van der Waals surface area contributed by atoms with Gasteiger partial charge in [-0.2, -0.15) is 0 Å². The zero-order valence-electron chi connectivity index (χ0n) is 9.39. The first-order valence-corrected chi connectivity index (χ1v) is 5.87. The summed E-state index contributed by atoms with van der Waals surface area (Å²) < 4.78 is 4.42. The van der Waals surface area contributed by atoms with Crippen LogP contribution in [-0.2, 0) is 0 Å². The van der Waals surface area contributed by atoms with Gasteiger partial charge in [-0.05, 0) is 24.3 Å². The molecule has 0 saturated heterocycles. The third-order valence-corrected chi connectivity index (χ3v) is 2.67. The van der Waals surface area contributed by atoms with Crippen molar-refractivity contribution in [1.29, 1.82) is 0 Å². The average Bonchev–Trinajstić information content (AvgIpc) is 2.83. The Bertz CT molecular complexity index is 549. The third kappa shape index (κ3) is 3.12. The van der Waals surface area contributed by atoms with Gasteiger partial charge in [0.1, 0.15) is 0 Å². The Morgan fingerprint density at radius 3 is 2.72 bits per heavy atom. The summed E-state index contributed by atoms with van der Waals surface area (Å²) in [5.41, 5.74) is 1.58. The summed E-state index contributed by atoms with van der Waals surface area (Å²) in [5.74, 6) is -0.0181. The number of nitrogens with one attached hydrogen (secondary N) is 2. The topological polar surface area (TPSA) is 91.2 Å². The highest BCUT2D eigenvalue weighted by Crippen LogP contribution is 2.16. The van der Waals surface area contributed by atoms with E-state index in [1.807, 2.05) is 12.1 Å². The predicted molar refractivity (Wildman–Crippen MR) is 67.8 cm³/mol. The van der Waals surface area contributed by atoms with Crippen molar-refractivity contribution in [3.05, 3.63) is 34.8 Å². The second kappa shape index (κ2) is 5.70. The number of anilines is 1. The van der Waals surface area contributed by atoms with Crippen molar-refractivity contribution in [2.24, 2.45) is 0 Å². The van der Waals surface area contributed by atoms with Crippen molar-refractivity contribution < 1.29 is 9.63 Å². The highest BCUT2D eigenvalue weighted by Gasteiger charge is 2.05. The highest BCUT2D eigenvalue weighted by molar-refractivity contribution is 6.18. The van der Waals surface area contributed by atoms with E-state index in [1.54, 1.807) is 12.1 Å². The molecule has 7 heteroatoms. The van der Waals surface area contributed by atoms with Gasteiger partial charge in [-0.25, -0.2) is 4.79 Å². The van der Waals surface area contributed by atoms with Crippen LogP contribution < -0.4 is 11.1 Å². The van der Waals surface area contributed by atoms with Gasteiger partial charge in [-0.1, -0.05) is 5.16 Å². The van der Waals surface area contributed by atoms with Gasteiger partial charge in [0.05, 0.1) is 12.0 Å². The first-order chi connectivity index (χ1) is 8.69. The Morgan fingerprint density at radius 2 is 2.17 bits per heavy atom. The molecule has 2 aromatic rings. The van der Waals surface area contributed by atoms with Crippen LogP contribution in [0.3, 0.4) is 0 Å². The van der Waals surface area contributed by atoms with E-state index in [0.29, 0.717) is 12.4 Å². The minimum Gasteiger partial charge on any atom is -0.390 e. The molecule has 2 rings (SSSR count). The van der Waals surface area contributed by atoms with Crippen LogP contribution in [0.2, 0.25) is 0 Å². The molecule has 0 aliphatic heterocycles. The van der Waals surface area contributed by atoms with Crippen LogP contribution in [0.1, 0.15) is 0 Å². The van der Waals surface area contributed by atoms with E-state index in [0.717, 1.165) is 11.3 Å². The lowest BCUT2D eigenvalue weighted by Gasteiger charge is -2.09. The molecule has 3 N–H and O–H groups in total. The van der Waals surface area contributed by atoms with E-state index in [2.05, 4.69) is 20.0 Å². The first-order valence-electron chi connectivity index (χ1n) is 5.33. The van der Waals surface area contributed by atoms with Gasteiger partial charge >= 0.3 is 5.76 Å². The van der Waals surface area contributed by atoms with Gasteiger partial charge in [0, 0.05) is 17.8 Å². The summed E-state index contributed by atoms with van der Waals surface area (Å²) in [4.78, 5) is 13.3.